The predicted octanol–water partition coefficient (Wildman–Crippen LogP) is -1.06. The molecule has 0 aliphatic rings. The van der Waals surface area contributed by atoms with Crippen LogP contribution in [0.3, 0.4) is 0 Å². The topological polar surface area (TPSA) is 88.0 Å². The highest BCUT2D eigenvalue weighted by Gasteiger charge is 2.05. The van der Waals surface area contributed by atoms with Gasteiger partial charge in [0.25, 0.3) is 0 Å². The maximum absolute atomic E-state index is 10.9. The zero-order valence-corrected chi connectivity index (χ0v) is 8.67. The molecule has 2 N–H and O–H groups in total. The molecule has 1 atom stereocenters. The summed E-state index contributed by atoms with van der Waals surface area (Å²) >= 11 is 1.21. The number of thioether (sulfide) groups is 1. The Morgan fingerprint density at radius 1 is 1.64 bits per heavy atom. The molecule has 1 rings (SSSR count). The molecule has 1 aromatic heterocycles. The summed E-state index contributed by atoms with van der Waals surface area (Å²) in [5.41, 5.74) is -1.55. The highest BCUT2D eigenvalue weighted by molar-refractivity contribution is 7.99. The quantitative estimate of drug-likeness (QED) is 0.498. The molecule has 0 saturated carbocycles. The molecule has 0 aliphatic heterocycles. The van der Waals surface area contributed by atoms with Crippen molar-refractivity contribution in [1.82, 2.24) is 14.8 Å². The number of aromatic nitrogens is 3. The van der Waals surface area contributed by atoms with Gasteiger partial charge in [-0.05, 0) is 6.92 Å². The monoisotopic (exact) mass is 217 g/mol. The Labute approximate surface area is 84.0 Å². The molecule has 0 bridgehead atoms. The number of hydrogen-bond acceptors (Lipinski definition) is 5. The van der Waals surface area contributed by atoms with Crippen LogP contribution in [0.5, 0.6) is 0 Å². The molecule has 7 heteroatoms. The molecule has 0 spiro atoms. The van der Waals surface area contributed by atoms with Crippen molar-refractivity contribution < 1.29 is 5.11 Å². The molecule has 0 fully saturated rings. The van der Waals surface area contributed by atoms with Gasteiger partial charge in [-0.2, -0.15) is 4.98 Å². The summed E-state index contributed by atoms with van der Waals surface area (Å²) in [7, 11) is 1.58. The Kier molecular flexibility index (Phi) is 3.48. The van der Waals surface area contributed by atoms with Gasteiger partial charge in [0.15, 0.2) is 5.16 Å². The average molecular weight is 217 g/mol. The van der Waals surface area contributed by atoms with E-state index in [0.717, 1.165) is 0 Å². The van der Waals surface area contributed by atoms with Gasteiger partial charge >= 0.3 is 11.1 Å². The van der Waals surface area contributed by atoms with Gasteiger partial charge in [-0.25, -0.2) is 0 Å². The van der Waals surface area contributed by atoms with E-state index in [9.17, 15) is 9.59 Å². The molecule has 0 radical (unpaired) electrons. The number of hydrogen-bond donors (Lipinski definition) is 2. The third kappa shape index (κ3) is 2.71. The minimum Gasteiger partial charge on any atom is -0.393 e. The first-order chi connectivity index (χ1) is 6.50. The number of aliphatic hydroxyl groups excluding tert-OH is 1. The van der Waals surface area contributed by atoms with Crippen LogP contribution < -0.4 is 11.1 Å². The van der Waals surface area contributed by atoms with E-state index in [1.54, 1.807) is 14.0 Å². The normalized spacial score (nSPS) is 12.8. The number of H-pyrrole nitrogens is 1. The Morgan fingerprint density at radius 2 is 2.29 bits per heavy atom. The lowest BCUT2D eigenvalue weighted by Gasteiger charge is -2.06. The van der Waals surface area contributed by atoms with Crippen LogP contribution in [0.1, 0.15) is 6.92 Å². The van der Waals surface area contributed by atoms with Gasteiger partial charge in [-0.1, -0.05) is 11.8 Å². The van der Waals surface area contributed by atoms with Crippen LogP contribution in [0, 0.1) is 0 Å². The second-order valence-corrected chi connectivity index (χ2v) is 3.85. The van der Waals surface area contributed by atoms with Crippen LogP contribution in [0.25, 0.3) is 0 Å². The number of aliphatic hydroxyl groups is 1. The number of rotatable bonds is 3. The maximum Gasteiger partial charge on any atom is 0.339 e. The first-order valence-corrected chi connectivity index (χ1v) is 4.97. The van der Waals surface area contributed by atoms with Gasteiger partial charge in [0.05, 0.1) is 6.10 Å². The summed E-state index contributed by atoms with van der Waals surface area (Å²) < 4.78 is 1.36. The Hall–Kier alpha value is -1.08. The zero-order chi connectivity index (χ0) is 10.7. The number of aryl methyl sites for hydroxylation is 1. The van der Waals surface area contributed by atoms with Gasteiger partial charge in [0.1, 0.15) is 0 Å². The highest BCUT2D eigenvalue weighted by atomic mass is 32.2. The SMILES string of the molecule is C[C@@H](O)CSc1nc(=O)c(=O)[nH]n1C. The van der Waals surface area contributed by atoms with Crippen LogP contribution in [0.15, 0.2) is 14.7 Å². The molecule has 0 unspecified atom stereocenters. The highest BCUT2D eigenvalue weighted by Crippen LogP contribution is 2.11. The molecule has 0 aliphatic carbocycles. The summed E-state index contributed by atoms with van der Waals surface area (Å²) in [6.07, 6.45) is -0.483. The van der Waals surface area contributed by atoms with Crippen molar-refractivity contribution in [1.29, 1.82) is 0 Å². The summed E-state index contributed by atoms with van der Waals surface area (Å²) in [5, 5.41) is 11.7. The molecule has 14 heavy (non-hydrogen) atoms. The van der Waals surface area contributed by atoms with Gasteiger partial charge in [0.2, 0.25) is 0 Å². The Bertz CT molecular complexity index is 423. The maximum atomic E-state index is 10.9. The molecule has 0 amide bonds. The fourth-order valence-corrected chi connectivity index (χ4v) is 1.56. The minimum absolute atomic E-state index is 0.385. The number of nitrogens with one attached hydrogen (secondary N) is 1. The van der Waals surface area contributed by atoms with Crippen LogP contribution in [-0.4, -0.2) is 31.7 Å². The van der Waals surface area contributed by atoms with E-state index < -0.39 is 17.2 Å². The molecular weight excluding hydrogens is 206 g/mol. The third-order valence-electron chi connectivity index (χ3n) is 1.40. The second kappa shape index (κ2) is 4.43. The van der Waals surface area contributed by atoms with E-state index >= 15 is 0 Å². The molecule has 1 heterocycles. The van der Waals surface area contributed by atoms with Crippen molar-refractivity contribution >= 4 is 11.8 Å². The van der Waals surface area contributed by atoms with E-state index in [1.807, 2.05) is 0 Å². The van der Waals surface area contributed by atoms with Crippen LogP contribution in [0.2, 0.25) is 0 Å². The largest absolute Gasteiger partial charge is 0.393 e. The predicted molar refractivity (Wildman–Crippen MR) is 52.5 cm³/mol. The summed E-state index contributed by atoms with van der Waals surface area (Å²) in [5.74, 6) is 0.423. The fraction of sp³-hybridized carbons (Fsp3) is 0.571. The molecule has 1 aromatic rings. The second-order valence-electron chi connectivity index (χ2n) is 2.86. The van der Waals surface area contributed by atoms with Crippen molar-refractivity contribution in [2.75, 3.05) is 5.75 Å². The van der Waals surface area contributed by atoms with E-state index in [0.29, 0.717) is 10.9 Å². The Balaban J connectivity index is 2.93. The number of nitrogens with zero attached hydrogens (tertiary/aromatic N) is 2. The van der Waals surface area contributed by atoms with Crippen molar-refractivity contribution in [2.24, 2.45) is 7.05 Å². The summed E-state index contributed by atoms with van der Waals surface area (Å²) in [6.45, 7) is 1.64. The molecule has 78 valence electrons. The molecule has 0 saturated heterocycles. The lowest BCUT2D eigenvalue weighted by atomic mass is 10.5. The van der Waals surface area contributed by atoms with Gasteiger partial charge in [0, 0.05) is 12.8 Å². The van der Waals surface area contributed by atoms with E-state index in [2.05, 4.69) is 10.1 Å². The van der Waals surface area contributed by atoms with Crippen molar-refractivity contribution in [3.05, 3.63) is 20.7 Å². The fourth-order valence-electron chi connectivity index (χ4n) is 0.785. The average Bonchev–Trinajstić information content (AvgIpc) is 2.09. The summed E-state index contributed by atoms with van der Waals surface area (Å²) in [6, 6.07) is 0. The van der Waals surface area contributed by atoms with Crippen molar-refractivity contribution in [3.63, 3.8) is 0 Å². The van der Waals surface area contributed by atoms with Gasteiger partial charge in [-0.15, -0.1) is 0 Å². The first-order valence-electron chi connectivity index (χ1n) is 3.99. The van der Waals surface area contributed by atoms with E-state index in [1.165, 1.54) is 16.4 Å². The number of aromatic amines is 1. The van der Waals surface area contributed by atoms with Crippen LogP contribution >= 0.6 is 11.8 Å². The lowest BCUT2D eigenvalue weighted by molar-refractivity contribution is 0.220. The smallest absolute Gasteiger partial charge is 0.339 e. The standard InChI is InChI=1S/C7H11N3O3S/c1-4(11)3-14-7-8-5(12)6(13)9-10(7)2/h4,11H,3H2,1-2H3,(H,9,13)/t4-/m1/s1. The van der Waals surface area contributed by atoms with Gasteiger partial charge < -0.3 is 5.11 Å². The lowest BCUT2D eigenvalue weighted by Crippen LogP contribution is -2.34. The summed E-state index contributed by atoms with van der Waals surface area (Å²) in [4.78, 5) is 25.3. The third-order valence-corrected chi connectivity index (χ3v) is 2.67. The molecular formula is C7H11N3O3S. The minimum atomic E-state index is -0.809. The van der Waals surface area contributed by atoms with E-state index in [4.69, 9.17) is 5.11 Å². The molecule has 0 aromatic carbocycles. The molecule has 6 nitrogen and oxygen atoms in total. The van der Waals surface area contributed by atoms with Crippen LogP contribution in [0.4, 0.5) is 0 Å². The van der Waals surface area contributed by atoms with Crippen LogP contribution in [-0.2, 0) is 7.05 Å². The van der Waals surface area contributed by atoms with Crippen molar-refractivity contribution in [2.45, 2.75) is 18.2 Å². The van der Waals surface area contributed by atoms with Crippen molar-refractivity contribution in [3.8, 4) is 0 Å². The van der Waals surface area contributed by atoms with Gasteiger partial charge in [-0.3, -0.25) is 19.4 Å². The first kappa shape index (κ1) is 11.0. The van der Waals surface area contributed by atoms with E-state index in [-0.39, 0.29) is 0 Å². The zero-order valence-electron chi connectivity index (χ0n) is 7.85. The Morgan fingerprint density at radius 3 is 2.86 bits per heavy atom.